The third-order valence-corrected chi connectivity index (χ3v) is 6.58. The minimum atomic E-state index is -0.243. The maximum Gasteiger partial charge on any atom is 0.252 e. The lowest BCUT2D eigenvalue weighted by Crippen LogP contribution is -2.35. The van der Waals surface area contributed by atoms with Crippen molar-refractivity contribution in [2.45, 2.75) is 31.7 Å². The number of carbonyl (C=O) groups is 1. The molecule has 1 amide bonds. The number of hydrogen-bond donors (Lipinski definition) is 2. The van der Waals surface area contributed by atoms with E-state index in [0.717, 1.165) is 62.3 Å². The van der Waals surface area contributed by atoms with E-state index in [4.69, 9.17) is 0 Å². The van der Waals surface area contributed by atoms with E-state index < -0.39 is 0 Å². The molecule has 3 aromatic carbocycles. The van der Waals surface area contributed by atoms with Gasteiger partial charge in [0.25, 0.3) is 5.91 Å². The molecule has 30 heavy (non-hydrogen) atoms. The molecular formula is C26H29N3O. The van der Waals surface area contributed by atoms with Crippen LogP contribution in [0.2, 0.25) is 0 Å². The number of carbonyl (C=O) groups excluding carboxylic acids is 1. The summed E-state index contributed by atoms with van der Waals surface area (Å²) in [5.41, 5.74) is 3.95. The average molecular weight is 400 g/mol. The Morgan fingerprint density at radius 1 is 1.00 bits per heavy atom. The fourth-order valence-electron chi connectivity index (χ4n) is 4.67. The van der Waals surface area contributed by atoms with Gasteiger partial charge in [0, 0.05) is 30.9 Å². The van der Waals surface area contributed by atoms with Crippen LogP contribution >= 0.6 is 0 Å². The Kier molecular flexibility index (Phi) is 4.95. The van der Waals surface area contributed by atoms with Crippen LogP contribution in [0.25, 0.3) is 10.8 Å². The summed E-state index contributed by atoms with van der Waals surface area (Å²) in [4.78, 5) is 15.8. The van der Waals surface area contributed by atoms with E-state index in [9.17, 15) is 4.79 Å². The molecule has 5 rings (SSSR count). The monoisotopic (exact) mass is 399 g/mol. The van der Waals surface area contributed by atoms with Crippen molar-refractivity contribution in [1.82, 2.24) is 10.6 Å². The molecule has 4 nitrogen and oxygen atoms in total. The van der Waals surface area contributed by atoms with Gasteiger partial charge in [0.05, 0.1) is 5.54 Å². The van der Waals surface area contributed by atoms with Gasteiger partial charge in [-0.1, -0.05) is 48.5 Å². The predicted molar refractivity (Wildman–Crippen MR) is 123 cm³/mol. The molecular weight excluding hydrogens is 370 g/mol. The van der Waals surface area contributed by atoms with E-state index in [1.165, 1.54) is 16.3 Å². The average Bonchev–Trinajstić information content (AvgIpc) is 3.58. The van der Waals surface area contributed by atoms with E-state index in [2.05, 4.69) is 76.2 Å². The Hall–Kier alpha value is -2.85. The van der Waals surface area contributed by atoms with Crippen molar-refractivity contribution in [2.75, 3.05) is 31.1 Å². The first-order valence-corrected chi connectivity index (χ1v) is 11.0. The molecule has 0 atom stereocenters. The highest BCUT2D eigenvalue weighted by Crippen LogP contribution is 2.48. The highest BCUT2D eigenvalue weighted by atomic mass is 16.1. The van der Waals surface area contributed by atoms with Crippen LogP contribution in [-0.4, -0.2) is 32.1 Å². The van der Waals surface area contributed by atoms with E-state index in [-0.39, 0.29) is 11.4 Å². The minimum Gasteiger partial charge on any atom is -0.370 e. The molecule has 1 saturated heterocycles. The summed E-state index contributed by atoms with van der Waals surface area (Å²) in [6.07, 6.45) is 3.10. The van der Waals surface area contributed by atoms with Gasteiger partial charge in [0.1, 0.15) is 0 Å². The predicted octanol–water partition coefficient (Wildman–Crippen LogP) is 4.37. The first-order valence-electron chi connectivity index (χ1n) is 11.0. The number of amides is 1. The maximum absolute atomic E-state index is 13.4. The SMILES string of the molecule is Cc1ccc(N2CCCNCC2)cc1C(=O)NC1(c2cccc3ccccc23)CC1. The largest absolute Gasteiger partial charge is 0.370 e. The minimum absolute atomic E-state index is 0.0349. The van der Waals surface area contributed by atoms with Crippen LogP contribution in [0.15, 0.2) is 60.7 Å². The van der Waals surface area contributed by atoms with Crippen LogP contribution in [0.3, 0.4) is 0 Å². The molecule has 0 bridgehead atoms. The Labute approximate surface area is 178 Å². The molecule has 2 aliphatic rings. The number of hydrogen-bond acceptors (Lipinski definition) is 3. The van der Waals surface area contributed by atoms with Crippen molar-refractivity contribution < 1.29 is 4.79 Å². The molecule has 1 aliphatic heterocycles. The van der Waals surface area contributed by atoms with Gasteiger partial charge in [-0.25, -0.2) is 0 Å². The number of rotatable bonds is 4. The second kappa shape index (κ2) is 7.77. The summed E-state index contributed by atoms with van der Waals surface area (Å²) in [5.74, 6) is 0.0349. The molecule has 154 valence electrons. The van der Waals surface area contributed by atoms with Crippen LogP contribution in [0.4, 0.5) is 5.69 Å². The molecule has 2 N–H and O–H groups in total. The number of fused-ring (bicyclic) bond motifs is 1. The van der Waals surface area contributed by atoms with Crippen LogP contribution in [0.1, 0.15) is 40.7 Å². The lowest BCUT2D eigenvalue weighted by atomic mass is 9.96. The topological polar surface area (TPSA) is 44.4 Å². The second-order valence-corrected chi connectivity index (χ2v) is 8.65. The van der Waals surface area contributed by atoms with Gasteiger partial charge in [-0.3, -0.25) is 4.79 Å². The number of benzene rings is 3. The zero-order valence-corrected chi connectivity index (χ0v) is 17.6. The standard InChI is InChI=1S/C26H29N3O/c1-19-10-11-21(29-16-5-14-27-15-17-29)18-23(19)25(30)28-26(12-13-26)24-9-4-7-20-6-2-3-8-22(20)24/h2-4,6-11,18,27H,5,12-17H2,1H3,(H,28,30). The van der Waals surface area contributed by atoms with Crippen molar-refractivity contribution in [3.63, 3.8) is 0 Å². The zero-order valence-electron chi connectivity index (χ0n) is 17.6. The molecule has 0 unspecified atom stereocenters. The highest BCUT2D eigenvalue weighted by Gasteiger charge is 2.46. The molecule has 1 heterocycles. The first-order chi connectivity index (χ1) is 14.7. The Morgan fingerprint density at radius 2 is 1.83 bits per heavy atom. The third-order valence-electron chi connectivity index (χ3n) is 6.58. The van der Waals surface area contributed by atoms with Crippen LogP contribution in [0.5, 0.6) is 0 Å². The van der Waals surface area contributed by atoms with Crippen molar-refractivity contribution >= 4 is 22.4 Å². The highest BCUT2D eigenvalue weighted by molar-refractivity contribution is 5.98. The van der Waals surface area contributed by atoms with Gasteiger partial charge in [-0.05, 0) is 66.8 Å². The van der Waals surface area contributed by atoms with E-state index in [0.29, 0.717) is 0 Å². The van der Waals surface area contributed by atoms with Crippen molar-refractivity contribution in [1.29, 1.82) is 0 Å². The van der Waals surface area contributed by atoms with Crippen LogP contribution in [-0.2, 0) is 5.54 Å². The van der Waals surface area contributed by atoms with Gasteiger partial charge in [0.15, 0.2) is 0 Å². The van der Waals surface area contributed by atoms with Crippen LogP contribution in [0, 0.1) is 6.92 Å². The van der Waals surface area contributed by atoms with E-state index in [1.54, 1.807) is 0 Å². The Balaban J connectivity index is 1.43. The van der Waals surface area contributed by atoms with Crippen molar-refractivity contribution in [3.8, 4) is 0 Å². The fraction of sp³-hybridized carbons (Fsp3) is 0.346. The molecule has 4 heteroatoms. The molecule has 1 saturated carbocycles. The fourth-order valence-corrected chi connectivity index (χ4v) is 4.67. The number of nitrogens with one attached hydrogen (secondary N) is 2. The van der Waals surface area contributed by atoms with Gasteiger partial charge < -0.3 is 15.5 Å². The zero-order chi connectivity index (χ0) is 20.6. The van der Waals surface area contributed by atoms with Crippen molar-refractivity contribution in [3.05, 3.63) is 77.4 Å². The maximum atomic E-state index is 13.4. The molecule has 2 fully saturated rings. The third kappa shape index (κ3) is 3.56. The Bertz CT molecular complexity index is 1070. The van der Waals surface area contributed by atoms with Crippen molar-refractivity contribution in [2.24, 2.45) is 0 Å². The van der Waals surface area contributed by atoms with Gasteiger partial charge >= 0.3 is 0 Å². The summed E-state index contributed by atoms with van der Waals surface area (Å²) < 4.78 is 0. The van der Waals surface area contributed by atoms with Crippen LogP contribution < -0.4 is 15.5 Å². The first kappa shape index (κ1) is 19.1. The van der Waals surface area contributed by atoms with Gasteiger partial charge in [0.2, 0.25) is 0 Å². The quantitative estimate of drug-likeness (QED) is 0.685. The lowest BCUT2D eigenvalue weighted by Gasteiger charge is -2.24. The molecule has 3 aromatic rings. The molecule has 0 radical (unpaired) electrons. The molecule has 1 aliphatic carbocycles. The molecule has 0 spiro atoms. The summed E-state index contributed by atoms with van der Waals surface area (Å²) in [7, 11) is 0. The number of anilines is 1. The second-order valence-electron chi connectivity index (χ2n) is 8.65. The summed E-state index contributed by atoms with van der Waals surface area (Å²) in [5, 5.41) is 9.31. The van der Waals surface area contributed by atoms with Gasteiger partial charge in [-0.2, -0.15) is 0 Å². The van der Waals surface area contributed by atoms with E-state index in [1.807, 2.05) is 6.92 Å². The lowest BCUT2D eigenvalue weighted by molar-refractivity contribution is 0.0930. The Morgan fingerprint density at radius 3 is 2.70 bits per heavy atom. The number of aryl methyl sites for hydroxylation is 1. The smallest absolute Gasteiger partial charge is 0.252 e. The van der Waals surface area contributed by atoms with Gasteiger partial charge in [-0.15, -0.1) is 0 Å². The number of nitrogens with zero attached hydrogens (tertiary/aromatic N) is 1. The summed E-state index contributed by atoms with van der Waals surface area (Å²) in [6.45, 7) is 6.07. The summed E-state index contributed by atoms with van der Waals surface area (Å²) in [6, 6.07) is 21.2. The normalized spacial score (nSPS) is 18.1. The molecule has 0 aromatic heterocycles. The summed E-state index contributed by atoms with van der Waals surface area (Å²) >= 11 is 0. The van der Waals surface area contributed by atoms with E-state index >= 15 is 0 Å².